The first-order valence-corrected chi connectivity index (χ1v) is 49.6. The largest absolute Gasteiger partial charge is 0.396 e. The van der Waals surface area contributed by atoms with Gasteiger partial charge in [0.25, 0.3) is 0 Å². The molecule has 0 spiro atoms. The van der Waals surface area contributed by atoms with Crippen LogP contribution in [-0.2, 0) is 75.5 Å². The van der Waals surface area contributed by atoms with Gasteiger partial charge in [0.2, 0.25) is 29.5 Å². The average Bonchev–Trinajstić information content (AvgIpc) is 1.12. The van der Waals surface area contributed by atoms with Crippen molar-refractivity contribution in [2.45, 2.75) is 172 Å². The minimum atomic E-state index is -0.988. The summed E-state index contributed by atoms with van der Waals surface area (Å²) in [5.74, 6) is -0.780. The zero-order valence-electron chi connectivity index (χ0n) is 82.1. The molecule has 142 heavy (non-hydrogen) atoms. The Bertz CT molecular complexity index is 7040. The first-order chi connectivity index (χ1) is 67.0. The predicted octanol–water partition coefficient (Wildman–Crippen LogP) is 19.3. The summed E-state index contributed by atoms with van der Waals surface area (Å²) in [4.78, 5) is 95.8. The SMILES string of the molecule is CN1C(=O)C[C@@](C)(c2cc(-c3cc(Br)cc(C#N)c3)cs2)N=C1N.CN1C(=O)C[C@@](C)(c2cc(-c3cccc(CCO)c3)cs2)N=C1N.CN1C(=O)C[C@@](C)(c2ccc3c(Br)nn(CC4CC4)c3c2)N=C1N.CN1C(=O)[C@@H](c2ccc(C(C)(C)C)cc2)[C@@](C)(c2cccc(-c3cc(F)cc(C#N)c3)c2)N=C1N.CN1C(=O)[C@H](c2ccc(C(C)(C)C)cc2)[C@@](C)(c2cccc(-c3cc(F)cc(C#N)c3)c2)N=C1N. The molecule has 0 saturated heterocycles. The second-order valence-electron chi connectivity index (χ2n) is 39.7. The molecule has 18 rings (SSSR count). The summed E-state index contributed by atoms with van der Waals surface area (Å²) < 4.78 is 32.0. The molecule has 1 fully saturated rings. The van der Waals surface area contributed by atoms with Crippen molar-refractivity contribution < 1.29 is 37.9 Å². The fourth-order valence-corrected chi connectivity index (χ4v) is 21.1. The molecule has 12 aromatic rings. The quantitative estimate of drug-likeness (QED) is 0.0555. The van der Waals surface area contributed by atoms with Crippen molar-refractivity contribution in [2.75, 3.05) is 41.8 Å². The first-order valence-electron chi connectivity index (χ1n) is 46.2. The molecule has 8 heterocycles. The van der Waals surface area contributed by atoms with E-state index in [4.69, 9.17) is 49.0 Å². The number of aliphatic imine (C=N–C) groups is 5. The summed E-state index contributed by atoms with van der Waals surface area (Å²) in [6.07, 6.45) is 4.11. The number of carbonyl (C=O) groups excluding carboxylic acids is 5. The number of nitrogens with zero attached hydrogens (tertiary/aromatic N) is 15. The fraction of sp³-hybridized carbons (Fsp3) is 0.309. The van der Waals surface area contributed by atoms with E-state index in [1.807, 2.05) is 173 Å². The molecular formula is C110H114Br2F2N20O6S2. The second-order valence-corrected chi connectivity index (χ2v) is 43.2. The monoisotopic (exact) mass is 2070 g/mol. The Morgan fingerprint density at radius 1 is 0.437 bits per heavy atom. The minimum absolute atomic E-state index is 0.0145. The van der Waals surface area contributed by atoms with E-state index in [1.54, 1.807) is 76.1 Å². The second kappa shape index (κ2) is 41.2. The highest BCUT2D eigenvalue weighted by Gasteiger charge is 2.50. The molecule has 5 aliphatic heterocycles. The van der Waals surface area contributed by atoms with Crippen LogP contribution in [0.2, 0.25) is 0 Å². The van der Waals surface area contributed by atoms with E-state index in [9.17, 15) is 43.3 Å². The van der Waals surface area contributed by atoms with E-state index >= 15 is 0 Å². The number of nitriles is 3. The summed E-state index contributed by atoms with van der Waals surface area (Å²) in [7, 11) is 8.19. The Balaban J connectivity index is 0.000000143. The number of aliphatic hydroxyl groups excluding tert-OH is 1. The molecule has 5 amide bonds. The van der Waals surface area contributed by atoms with Gasteiger partial charge in [-0.25, -0.2) is 33.7 Å². The van der Waals surface area contributed by atoms with Crippen LogP contribution in [0, 0.1) is 51.5 Å². The number of halogens is 4. The van der Waals surface area contributed by atoms with Crippen LogP contribution >= 0.6 is 54.5 Å². The Labute approximate surface area is 851 Å². The van der Waals surface area contributed by atoms with Crippen LogP contribution in [0.3, 0.4) is 0 Å². The number of likely N-dealkylation sites (N-methyl/N-ethyl adjacent to an activating group) is 2. The summed E-state index contributed by atoms with van der Waals surface area (Å²) in [5.41, 5.74) is 42.7. The van der Waals surface area contributed by atoms with Crippen molar-refractivity contribution in [1.82, 2.24) is 34.3 Å². The van der Waals surface area contributed by atoms with Gasteiger partial charge in [0.05, 0.1) is 77.1 Å². The number of thiophene rings is 2. The molecule has 6 aliphatic rings. The number of amides is 5. The zero-order valence-corrected chi connectivity index (χ0v) is 86.9. The van der Waals surface area contributed by atoms with Gasteiger partial charge in [0, 0.05) is 68.0 Å². The minimum Gasteiger partial charge on any atom is -0.396 e. The van der Waals surface area contributed by atoms with Gasteiger partial charge in [0.15, 0.2) is 29.8 Å². The first kappa shape index (κ1) is 104. The molecule has 0 unspecified atom stereocenters. The normalized spacial score (nSPS) is 21.2. The van der Waals surface area contributed by atoms with Crippen LogP contribution in [0.5, 0.6) is 0 Å². The third-order valence-electron chi connectivity index (χ3n) is 27.0. The molecule has 32 heteroatoms. The number of guanidine groups is 5. The maximum absolute atomic E-state index is 14.1. The van der Waals surface area contributed by atoms with Crippen LogP contribution in [0.4, 0.5) is 8.78 Å². The highest BCUT2D eigenvalue weighted by molar-refractivity contribution is 9.10. The lowest BCUT2D eigenvalue weighted by molar-refractivity contribution is -0.131. The number of nitrogens with two attached hydrogens (primary N) is 5. The van der Waals surface area contributed by atoms with Crippen molar-refractivity contribution >= 4 is 125 Å². The van der Waals surface area contributed by atoms with Crippen molar-refractivity contribution in [3.63, 3.8) is 0 Å². The number of hydrogen-bond donors (Lipinski definition) is 6. The molecule has 0 radical (unpaired) electrons. The Hall–Kier alpha value is -14.2. The van der Waals surface area contributed by atoms with Crippen LogP contribution in [-0.4, -0.2) is 141 Å². The van der Waals surface area contributed by atoms with Gasteiger partial charge in [0.1, 0.15) is 38.4 Å². The Kier molecular flexibility index (Phi) is 30.0. The van der Waals surface area contributed by atoms with E-state index in [0.29, 0.717) is 36.0 Å². The standard InChI is InChI=1S/2C29H29FN4O.C18H21N3O2S.C17H20BrN5O.C17H15BrN4OS/c2*1-28(2,3)22-11-9-19(10-12-22)25-26(35)34(5)27(32)33-29(25,4)23-8-6-7-20(15-23)21-13-18(17-31)14-24(30)16-21;1-18(10-16(23)21(2)17(19)20-18)15-9-14(11-24-15)13-5-3-4-12(8-13)6-7-22;1-17(8-14(24)22(2)16(19)20-17)11-5-6-12-13(7-11)23(21-15(12)18)9-10-3-4-10;1-17(7-15(23)22(2)16(20)21-17)14-6-12(9-24-14)11-3-10(8-19)4-13(18)5-11/h2*6-16,25H,1-5H3,(H2,32,33);3-5,8-9,11,22H,6-7,10H2,1-2H3,(H2,19,20);5-7,10H,3-4,8-9H2,1-2H3,(H2,19,20);3-6,9H,7H2,1-2H3,(H2,20,21)/t25-,29+;25-,29-;18-;2*17-/m01000/s1. The number of aliphatic hydroxyl groups is 1. The zero-order chi connectivity index (χ0) is 103. The molecule has 3 aromatic heterocycles. The third kappa shape index (κ3) is 22.2. The lowest BCUT2D eigenvalue weighted by Crippen LogP contribution is -2.52. The third-order valence-corrected chi connectivity index (χ3v) is 30.4. The van der Waals surface area contributed by atoms with Crippen LogP contribution < -0.4 is 28.7 Å². The maximum atomic E-state index is 14.1. The van der Waals surface area contributed by atoms with E-state index < -0.39 is 51.2 Å². The average molecular weight is 2070 g/mol. The van der Waals surface area contributed by atoms with Gasteiger partial charge in [-0.15, -0.1) is 22.7 Å². The van der Waals surface area contributed by atoms with E-state index in [0.717, 1.165) is 109 Å². The van der Waals surface area contributed by atoms with E-state index in [-0.39, 0.29) is 94.3 Å². The number of rotatable bonds is 15. The molecule has 730 valence electrons. The van der Waals surface area contributed by atoms with Gasteiger partial charge in [-0.05, 0) is 277 Å². The Morgan fingerprint density at radius 2 is 0.824 bits per heavy atom. The molecule has 1 aliphatic carbocycles. The summed E-state index contributed by atoms with van der Waals surface area (Å²) >= 11 is 10.1. The van der Waals surface area contributed by atoms with E-state index in [2.05, 4.69) is 152 Å². The number of carbonyl (C=O) groups is 5. The van der Waals surface area contributed by atoms with Gasteiger partial charge in [-0.1, -0.05) is 173 Å². The molecule has 7 atom stereocenters. The van der Waals surface area contributed by atoms with Crippen molar-refractivity contribution in [3.8, 4) is 62.7 Å². The van der Waals surface area contributed by atoms with Gasteiger partial charge in [-0.3, -0.25) is 53.2 Å². The maximum Gasteiger partial charge on any atom is 0.239 e. The molecule has 0 bridgehead atoms. The molecular weight excluding hydrogens is 1960 g/mol. The van der Waals surface area contributed by atoms with Crippen molar-refractivity contribution in [3.05, 3.63) is 309 Å². The van der Waals surface area contributed by atoms with E-state index in [1.165, 1.54) is 72.7 Å². The Morgan fingerprint density at radius 3 is 1.23 bits per heavy atom. The molecule has 11 N–H and O–H groups in total. The number of benzene rings is 9. The summed E-state index contributed by atoms with van der Waals surface area (Å²) in [6.45, 7) is 23.6. The molecule has 9 aromatic carbocycles. The molecule has 1 saturated carbocycles. The summed E-state index contributed by atoms with van der Waals surface area (Å²) in [5, 5.41) is 46.5. The van der Waals surface area contributed by atoms with Crippen LogP contribution in [0.1, 0.15) is 191 Å². The molecule has 26 nitrogen and oxygen atoms in total. The van der Waals surface area contributed by atoms with Crippen LogP contribution in [0.25, 0.3) is 55.4 Å². The van der Waals surface area contributed by atoms with Crippen LogP contribution in [0.15, 0.2) is 251 Å². The van der Waals surface area contributed by atoms with Gasteiger partial charge < -0.3 is 33.8 Å². The number of fused-ring (bicyclic) bond motifs is 1. The van der Waals surface area contributed by atoms with Gasteiger partial charge >= 0.3 is 0 Å². The lowest BCUT2D eigenvalue weighted by atomic mass is 9.73. The number of aromatic nitrogens is 2. The van der Waals surface area contributed by atoms with Gasteiger partial charge in [-0.2, -0.15) is 20.9 Å². The number of hydrogen-bond acceptors (Lipinski definition) is 22. The fourth-order valence-electron chi connectivity index (χ4n) is 18.0. The smallest absolute Gasteiger partial charge is 0.239 e. The topological polar surface area (TPSA) is 403 Å². The van der Waals surface area contributed by atoms with Crippen molar-refractivity contribution in [2.24, 2.45) is 59.5 Å². The van der Waals surface area contributed by atoms with Crippen molar-refractivity contribution in [1.29, 1.82) is 15.8 Å². The highest BCUT2D eigenvalue weighted by atomic mass is 79.9. The lowest BCUT2D eigenvalue weighted by Gasteiger charge is -2.41. The summed E-state index contributed by atoms with van der Waals surface area (Å²) in [6, 6.07) is 69.7. The predicted molar refractivity (Wildman–Crippen MR) is 564 cm³/mol. The highest BCUT2D eigenvalue weighted by Crippen LogP contribution is 2.50.